The maximum Gasteiger partial charge on any atom is 0.273 e. The van der Waals surface area contributed by atoms with Gasteiger partial charge in [0, 0.05) is 0 Å². The van der Waals surface area contributed by atoms with E-state index in [1.807, 2.05) is 0 Å². The van der Waals surface area contributed by atoms with Crippen LogP contribution in [0.15, 0.2) is 73.9 Å². The smallest absolute Gasteiger partial charge is 0.273 e. The Balaban J connectivity index is 1.81. The lowest BCUT2D eigenvalue weighted by Crippen LogP contribution is -2.22. The van der Waals surface area contributed by atoms with Gasteiger partial charge in [0.2, 0.25) is 0 Å². The molecule has 1 amide bonds. The van der Waals surface area contributed by atoms with Crippen LogP contribution in [0.4, 0.5) is 5.69 Å². The van der Waals surface area contributed by atoms with Gasteiger partial charge < -0.3 is 4.42 Å². The zero-order valence-electron chi connectivity index (χ0n) is 13.7. The molecular formula is C17H15N3O4S2. The molecule has 134 valence electrons. The minimum Gasteiger partial charge on any atom is -0.463 e. The van der Waals surface area contributed by atoms with Gasteiger partial charge >= 0.3 is 0 Å². The van der Waals surface area contributed by atoms with Crippen molar-refractivity contribution in [2.75, 3.05) is 4.72 Å². The van der Waals surface area contributed by atoms with E-state index in [-0.39, 0.29) is 15.5 Å². The third-order valence-corrected chi connectivity index (χ3v) is 6.14. The van der Waals surface area contributed by atoms with Crippen molar-refractivity contribution in [2.45, 2.75) is 11.1 Å². The summed E-state index contributed by atoms with van der Waals surface area (Å²) in [5, 5.41) is 5.64. The summed E-state index contributed by atoms with van der Waals surface area (Å²) in [5.41, 5.74) is 3.22. The Morgan fingerprint density at radius 3 is 2.62 bits per heavy atom. The molecule has 2 aromatic heterocycles. The van der Waals surface area contributed by atoms with Crippen molar-refractivity contribution in [1.29, 1.82) is 0 Å². The molecule has 0 unspecified atom stereocenters. The highest BCUT2D eigenvalue weighted by Gasteiger charge is 2.19. The molecule has 3 aromatic rings. The molecule has 0 aliphatic heterocycles. The molecule has 0 saturated heterocycles. The zero-order valence-corrected chi connectivity index (χ0v) is 15.3. The molecule has 0 radical (unpaired) electrons. The van der Waals surface area contributed by atoms with Gasteiger partial charge in [-0.25, -0.2) is 13.8 Å². The maximum atomic E-state index is 12.4. The first-order valence-electron chi connectivity index (χ1n) is 7.51. The number of benzene rings is 1. The number of thiophene rings is 1. The molecule has 26 heavy (non-hydrogen) atoms. The first-order valence-corrected chi connectivity index (χ1v) is 9.87. The Labute approximate surface area is 154 Å². The number of carbonyl (C=O) groups excluding carboxylic acids is 1. The Hall–Kier alpha value is -2.91. The number of nitrogens with one attached hydrogen (secondary N) is 2. The molecule has 0 aliphatic carbocycles. The summed E-state index contributed by atoms with van der Waals surface area (Å²) >= 11 is 1.09. The second kappa shape index (κ2) is 7.54. The molecular weight excluding hydrogens is 374 g/mol. The predicted molar refractivity (Wildman–Crippen MR) is 100.0 cm³/mol. The Morgan fingerprint density at radius 1 is 1.12 bits per heavy atom. The van der Waals surface area contributed by atoms with Gasteiger partial charge in [-0.3, -0.25) is 9.52 Å². The summed E-state index contributed by atoms with van der Waals surface area (Å²) in [7, 11) is -3.76. The summed E-state index contributed by atoms with van der Waals surface area (Å²) in [5.74, 6) is -0.0163. The molecule has 0 aliphatic rings. The minimum atomic E-state index is -3.76. The minimum absolute atomic E-state index is 0.156. The van der Waals surface area contributed by atoms with Crippen LogP contribution in [0.2, 0.25) is 0 Å². The average molecular weight is 389 g/mol. The normalized spacial score (nSPS) is 12.0. The Morgan fingerprint density at radius 2 is 1.92 bits per heavy atom. The van der Waals surface area contributed by atoms with Crippen molar-refractivity contribution in [3.8, 4) is 0 Å². The number of nitrogens with zero attached hydrogens (tertiary/aromatic N) is 1. The number of furan rings is 1. The summed E-state index contributed by atoms with van der Waals surface area (Å²) in [6, 6.07) is 12.9. The lowest BCUT2D eigenvalue weighted by atomic mass is 10.2. The van der Waals surface area contributed by atoms with E-state index in [1.54, 1.807) is 42.6 Å². The lowest BCUT2D eigenvalue weighted by molar-refractivity contribution is 0.0955. The van der Waals surface area contributed by atoms with Gasteiger partial charge in [0.25, 0.3) is 15.9 Å². The number of sulfonamides is 1. The molecule has 2 N–H and O–H groups in total. The number of hydrogen-bond acceptors (Lipinski definition) is 6. The van der Waals surface area contributed by atoms with Gasteiger partial charge in [-0.2, -0.15) is 5.10 Å². The van der Waals surface area contributed by atoms with Gasteiger partial charge in [-0.1, -0.05) is 18.2 Å². The fourth-order valence-electron chi connectivity index (χ4n) is 2.12. The largest absolute Gasteiger partial charge is 0.463 e. The molecule has 0 saturated carbocycles. The topological polar surface area (TPSA) is 101 Å². The SMILES string of the molecule is CC(=NNC(=O)c1ccccc1NS(=O)(=O)c1cccs1)c1ccco1. The molecule has 7 nitrogen and oxygen atoms in total. The first kappa shape index (κ1) is 17.9. The second-order valence-electron chi connectivity index (χ2n) is 5.20. The Kier molecular flexibility index (Phi) is 5.19. The van der Waals surface area contributed by atoms with Crippen molar-refractivity contribution >= 4 is 38.7 Å². The van der Waals surface area contributed by atoms with Crippen LogP contribution >= 0.6 is 11.3 Å². The molecule has 2 heterocycles. The standard InChI is InChI=1S/C17H15N3O4S2/c1-12(15-8-4-10-24-15)18-19-17(21)13-6-2-3-7-14(13)20-26(22,23)16-9-5-11-25-16/h2-11,20H,1H3,(H,19,21). The number of carbonyl (C=O) groups is 1. The molecule has 0 spiro atoms. The van der Waals surface area contributed by atoms with E-state index in [0.29, 0.717) is 11.5 Å². The van der Waals surface area contributed by atoms with E-state index in [0.717, 1.165) is 11.3 Å². The van der Waals surface area contributed by atoms with Crippen molar-refractivity contribution in [3.63, 3.8) is 0 Å². The van der Waals surface area contributed by atoms with E-state index in [1.165, 1.54) is 24.5 Å². The Bertz CT molecular complexity index is 1020. The molecule has 3 rings (SSSR count). The zero-order chi connectivity index (χ0) is 18.6. The number of para-hydroxylation sites is 1. The third-order valence-electron chi connectivity index (χ3n) is 3.38. The van der Waals surface area contributed by atoms with E-state index >= 15 is 0 Å². The molecule has 0 fully saturated rings. The number of rotatable bonds is 6. The third kappa shape index (κ3) is 4.01. The van der Waals surface area contributed by atoms with Gasteiger partial charge in [0.05, 0.1) is 17.5 Å². The van der Waals surface area contributed by atoms with Crippen LogP contribution < -0.4 is 10.1 Å². The maximum absolute atomic E-state index is 12.4. The number of amides is 1. The van der Waals surface area contributed by atoms with Crippen LogP contribution in [-0.4, -0.2) is 20.0 Å². The van der Waals surface area contributed by atoms with Crippen LogP contribution in [0.25, 0.3) is 0 Å². The number of anilines is 1. The fourth-order valence-corrected chi connectivity index (χ4v) is 4.19. The highest BCUT2D eigenvalue weighted by molar-refractivity contribution is 7.94. The van der Waals surface area contributed by atoms with E-state index in [2.05, 4.69) is 15.2 Å². The van der Waals surface area contributed by atoms with Crippen LogP contribution in [0.5, 0.6) is 0 Å². The number of hydrogen-bond donors (Lipinski definition) is 2. The van der Waals surface area contributed by atoms with Gasteiger partial charge in [0.15, 0.2) is 0 Å². The van der Waals surface area contributed by atoms with Gasteiger partial charge in [-0.15, -0.1) is 11.3 Å². The summed E-state index contributed by atoms with van der Waals surface area (Å²) < 4.78 is 32.6. The van der Waals surface area contributed by atoms with E-state index in [9.17, 15) is 13.2 Å². The quantitative estimate of drug-likeness (QED) is 0.499. The number of hydrazone groups is 1. The van der Waals surface area contributed by atoms with Gasteiger partial charge in [0.1, 0.15) is 15.7 Å². The van der Waals surface area contributed by atoms with Crippen molar-refractivity contribution in [3.05, 3.63) is 71.5 Å². The fraction of sp³-hybridized carbons (Fsp3) is 0.0588. The van der Waals surface area contributed by atoms with Crippen LogP contribution in [-0.2, 0) is 10.0 Å². The second-order valence-corrected chi connectivity index (χ2v) is 8.06. The van der Waals surface area contributed by atoms with Crippen LogP contribution in [0, 0.1) is 0 Å². The van der Waals surface area contributed by atoms with E-state index < -0.39 is 15.9 Å². The monoisotopic (exact) mass is 389 g/mol. The van der Waals surface area contributed by atoms with Crippen LogP contribution in [0.3, 0.4) is 0 Å². The summed E-state index contributed by atoms with van der Waals surface area (Å²) in [4.78, 5) is 12.4. The van der Waals surface area contributed by atoms with Crippen molar-refractivity contribution in [2.24, 2.45) is 5.10 Å². The summed E-state index contributed by atoms with van der Waals surface area (Å²) in [6.07, 6.45) is 1.50. The highest BCUT2D eigenvalue weighted by Crippen LogP contribution is 2.22. The molecule has 0 atom stereocenters. The molecule has 0 bridgehead atoms. The van der Waals surface area contributed by atoms with Gasteiger partial charge in [-0.05, 0) is 42.6 Å². The highest BCUT2D eigenvalue weighted by atomic mass is 32.2. The van der Waals surface area contributed by atoms with Crippen molar-refractivity contribution in [1.82, 2.24) is 5.43 Å². The summed E-state index contributed by atoms with van der Waals surface area (Å²) in [6.45, 7) is 1.69. The lowest BCUT2D eigenvalue weighted by Gasteiger charge is -2.10. The molecule has 1 aromatic carbocycles. The van der Waals surface area contributed by atoms with Crippen molar-refractivity contribution < 1.29 is 17.6 Å². The first-order chi connectivity index (χ1) is 12.5. The predicted octanol–water partition coefficient (Wildman–Crippen LogP) is 3.30. The van der Waals surface area contributed by atoms with Crippen LogP contribution in [0.1, 0.15) is 23.0 Å². The van der Waals surface area contributed by atoms with E-state index in [4.69, 9.17) is 4.42 Å². The molecule has 9 heteroatoms. The average Bonchev–Trinajstić information content (AvgIpc) is 3.33.